The van der Waals surface area contributed by atoms with Gasteiger partial charge in [-0.15, -0.1) is 0 Å². The van der Waals surface area contributed by atoms with Gasteiger partial charge in [0.25, 0.3) is 0 Å². The average molecular weight is 226 g/mol. The van der Waals surface area contributed by atoms with E-state index < -0.39 is 0 Å². The van der Waals surface area contributed by atoms with Crippen LogP contribution in [-0.4, -0.2) is 23.9 Å². The van der Waals surface area contributed by atoms with Gasteiger partial charge in [-0.25, -0.2) is 0 Å². The van der Waals surface area contributed by atoms with Crippen LogP contribution < -0.4 is 15.8 Å². The van der Waals surface area contributed by atoms with Crippen molar-refractivity contribution in [1.82, 2.24) is 0 Å². The molecule has 0 amide bonds. The average Bonchev–Trinajstić information content (AvgIpc) is 2.16. The fourth-order valence-electron chi connectivity index (χ4n) is 1.27. The molecule has 4 nitrogen and oxygen atoms in total. The first kappa shape index (κ1) is 11.7. The maximum Gasteiger partial charge on any atom is 0.168 e. The van der Waals surface area contributed by atoms with Gasteiger partial charge in [-0.2, -0.15) is 0 Å². The van der Waals surface area contributed by atoms with E-state index in [1.165, 1.54) is 0 Å². The lowest BCUT2D eigenvalue weighted by atomic mass is 10.1. The van der Waals surface area contributed by atoms with Gasteiger partial charge in [-0.1, -0.05) is 0 Å². The molecule has 0 bridgehead atoms. The summed E-state index contributed by atoms with van der Waals surface area (Å²) >= 11 is 4.74. The molecule has 1 aromatic rings. The number of hydrogen-bond acceptors (Lipinski definition) is 3. The van der Waals surface area contributed by atoms with Gasteiger partial charge in [0.15, 0.2) is 5.11 Å². The van der Waals surface area contributed by atoms with Crippen LogP contribution in [0, 0.1) is 0 Å². The summed E-state index contributed by atoms with van der Waals surface area (Å²) in [6.45, 7) is 0.0969. The van der Waals surface area contributed by atoms with Gasteiger partial charge in [0.1, 0.15) is 5.75 Å². The fraction of sp³-hybridized carbons (Fsp3) is 0.300. The molecule has 0 saturated heterocycles. The molecular formula is C10H14N2O2S. The lowest BCUT2D eigenvalue weighted by Gasteiger charge is -2.09. The second-order valence-electron chi connectivity index (χ2n) is 3.03. The van der Waals surface area contributed by atoms with E-state index in [9.17, 15) is 0 Å². The maximum absolute atomic E-state index is 8.84. The molecule has 82 valence electrons. The van der Waals surface area contributed by atoms with Crippen molar-refractivity contribution in [3.05, 3.63) is 23.8 Å². The van der Waals surface area contributed by atoms with Crippen LogP contribution in [-0.2, 0) is 6.42 Å². The summed E-state index contributed by atoms with van der Waals surface area (Å²) in [4.78, 5) is 0. The summed E-state index contributed by atoms with van der Waals surface area (Å²) in [6.07, 6.45) is 0.573. The molecule has 1 rings (SSSR count). The number of benzene rings is 1. The predicted octanol–water partition coefficient (Wildman–Crippen LogP) is 0.885. The molecular weight excluding hydrogens is 212 g/mol. The number of thiocarbonyl (C=S) groups is 1. The number of ether oxygens (including phenoxy) is 1. The highest BCUT2D eigenvalue weighted by Crippen LogP contribution is 2.20. The van der Waals surface area contributed by atoms with Crippen LogP contribution >= 0.6 is 12.2 Å². The van der Waals surface area contributed by atoms with Crippen molar-refractivity contribution in [3.8, 4) is 5.75 Å². The maximum atomic E-state index is 8.84. The molecule has 0 unspecified atom stereocenters. The summed E-state index contributed by atoms with van der Waals surface area (Å²) in [7, 11) is 1.59. The Morgan fingerprint density at radius 2 is 2.27 bits per heavy atom. The zero-order valence-corrected chi connectivity index (χ0v) is 9.30. The SMILES string of the molecule is COc1cc(CCO)cc(NC(N)=S)c1. The van der Waals surface area contributed by atoms with Crippen molar-refractivity contribution in [2.75, 3.05) is 19.0 Å². The molecule has 0 aliphatic rings. The second-order valence-corrected chi connectivity index (χ2v) is 3.47. The van der Waals surface area contributed by atoms with E-state index in [0.29, 0.717) is 12.2 Å². The summed E-state index contributed by atoms with van der Waals surface area (Å²) < 4.78 is 5.12. The molecule has 0 fully saturated rings. The Morgan fingerprint density at radius 1 is 1.53 bits per heavy atom. The molecule has 1 aromatic carbocycles. The van der Waals surface area contributed by atoms with Gasteiger partial charge in [-0.05, 0) is 36.3 Å². The van der Waals surface area contributed by atoms with E-state index in [0.717, 1.165) is 11.3 Å². The number of aliphatic hydroxyl groups is 1. The molecule has 0 atom stereocenters. The first-order valence-electron chi connectivity index (χ1n) is 4.51. The third-order valence-corrected chi connectivity index (χ3v) is 1.97. The van der Waals surface area contributed by atoms with Gasteiger partial charge in [0.05, 0.1) is 7.11 Å². The van der Waals surface area contributed by atoms with E-state index in [1.54, 1.807) is 13.2 Å². The number of methoxy groups -OCH3 is 1. The Balaban J connectivity index is 2.94. The third kappa shape index (κ3) is 3.73. The van der Waals surface area contributed by atoms with Crippen molar-refractivity contribution in [2.45, 2.75) is 6.42 Å². The first-order chi connectivity index (χ1) is 7.15. The summed E-state index contributed by atoms with van der Waals surface area (Å²) in [6, 6.07) is 5.53. The molecule has 0 aliphatic carbocycles. The van der Waals surface area contributed by atoms with Crippen LogP contribution in [0.4, 0.5) is 5.69 Å². The van der Waals surface area contributed by atoms with Crippen molar-refractivity contribution in [1.29, 1.82) is 0 Å². The molecule has 15 heavy (non-hydrogen) atoms. The number of nitrogens with one attached hydrogen (secondary N) is 1. The third-order valence-electron chi connectivity index (χ3n) is 1.87. The van der Waals surface area contributed by atoms with Crippen LogP contribution in [0.25, 0.3) is 0 Å². The largest absolute Gasteiger partial charge is 0.497 e. The second kappa shape index (κ2) is 5.53. The first-order valence-corrected chi connectivity index (χ1v) is 4.92. The van der Waals surface area contributed by atoms with Crippen molar-refractivity contribution in [2.24, 2.45) is 5.73 Å². The van der Waals surface area contributed by atoms with Crippen LogP contribution in [0.2, 0.25) is 0 Å². The normalized spacial score (nSPS) is 9.73. The summed E-state index contributed by atoms with van der Waals surface area (Å²) in [5.74, 6) is 0.708. The lowest BCUT2D eigenvalue weighted by molar-refractivity contribution is 0.299. The molecule has 0 spiro atoms. The molecule has 0 radical (unpaired) electrons. The zero-order chi connectivity index (χ0) is 11.3. The number of hydrogen-bond donors (Lipinski definition) is 3. The number of nitrogens with two attached hydrogens (primary N) is 1. The molecule has 5 heteroatoms. The quantitative estimate of drug-likeness (QED) is 0.665. The van der Waals surface area contributed by atoms with Crippen molar-refractivity contribution in [3.63, 3.8) is 0 Å². The van der Waals surface area contributed by atoms with E-state index in [1.807, 2.05) is 12.1 Å². The van der Waals surface area contributed by atoms with Gasteiger partial charge >= 0.3 is 0 Å². The minimum absolute atomic E-state index is 0.0969. The minimum atomic E-state index is 0.0969. The topological polar surface area (TPSA) is 67.5 Å². The van der Waals surface area contributed by atoms with Crippen LogP contribution in [0.3, 0.4) is 0 Å². The van der Waals surface area contributed by atoms with Crippen LogP contribution in [0.1, 0.15) is 5.56 Å². The number of rotatable bonds is 4. The van der Waals surface area contributed by atoms with Gasteiger partial charge in [-0.3, -0.25) is 0 Å². The van der Waals surface area contributed by atoms with Crippen LogP contribution in [0.15, 0.2) is 18.2 Å². The highest BCUT2D eigenvalue weighted by Gasteiger charge is 2.01. The van der Waals surface area contributed by atoms with Gasteiger partial charge in [0, 0.05) is 18.4 Å². The Kier molecular flexibility index (Phi) is 4.33. The van der Waals surface area contributed by atoms with E-state index in [-0.39, 0.29) is 11.7 Å². The number of anilines is 1. The van der Waals surface area contributed by atoms with Gasteiger partial charge in [0.2, 0.25) is 0 Å². The highest BCUT2D eigenvalue weighted by molar-refractivity contribution is 7.80. The Morgan fingerprint density at radius 3 is 2.80 bits per heavy atom. The summed E-state index contributed by atoms with van der Waals surface area (Å²) in [5, 5.41) is 11.9. The Bertz CT molecular complexity index is 355. The Labute approximate surface area is 94.0 Å². The zero-order valence-electron chi connectivity index (χ0n) is 8.49. The van der Waals surface area contributed by atoms with E-state index in [2.05, 4.69) is 5.32 Å². The predicted molar refractivity (Wildman–Crippen MR) is 64.2 cm³/mol. The standard InChI is InChI=1S/C10H14N2O2S/c1-14-9-5-7(2-3-13)4-8(6-9)12-10(11)15/h4-6,13H,2-3H2,1H3,(H3,11,12,15). The monoisotopic (exact) mass is 226 g/mol. The summed E-state index contributed by atoms with van der Waals surface area (Å²) in [5.41, 5.74) is 7.11. The van der Waals surface area contributed by atoms with Crippen molar-refractivity contribution < 1.29 is 9.84 Å². The lowest BCUT2D eigenvalue weighted by Crippen LogP contribution is -2.19. The minimum Gasteiger partial charge on any atom is -0.497 e. The van der Waals surface area contributed by atoms with E-state index >= 15 is 0 Å². The molecule has 4 N–H and O–H groups in total. The van der Waals surface area contributed by atoms with Crippen molar-refractivity contribution >= 4 is 23.0 Å². The van der Waals surface area contributed by atoms with E-state index in [4.69, 9.17) is 27.8 Å². The fourth-order valence-corrected chi connectivity index (χ4v) is 1.38. The number of aliphatic hydroxyl groups excluding tert-OH is 1. The molecule has 0 aromatic heterocycles. The van der Waals surface area contributed by atoms with Crippen LogP contribution in [0.5, 0.6) is 5.75 Å². The molecule has 0 saturated carbocycles. The molecule has 0 heterocycles. The molecule has 0 aliphatic heterocycles. The smallest absolute Gasteiger partial charge is 0.168 e. The highest BCUT2D eigenvalue weighted by atomic mass is 32.1. The van der Waals surface area contributed by atoms with Gasteiger partial charge < -0.3 is 20.9 Å². The Hall–Kier alpha value is -1.33.